The van der Waals surface area contributed by atoms with E-state index < -0.39 is 0 Å². The molecular formula is C15H17N5. The monoisotopic (exact) mass is 267 g/mol. The van der Waals surface area contributed by atoms with Crippen LogP contribution >= 0.6 is 0 Å². The average Bonchev–Trinajstić information content (AvgIpc) is 2.76. The molecule has 2 N–H and O–H groups in total. The first-order valence-electron chi connectivity index (χ1n) is 6.61. The minimum Gasteiger partial charge on any atom is -0.362 e. The summed E-state index contributed by atoms with van der Waals surface area (Å²) < 4.78 is 0. The highest BCUT2D eigenvalue weighted by Gasteiger charge is 2.07. The smallest absolute Gasteiger partial charge is 0.137 e. The van der Waals surface area contributed by atoms with Gasteiger partial charge in [-0.25, -0.2) is 15.0 Å². The van der Waals surface area contributed by atoms with Crippen LogP contribution < -0.4 is 5.32 Å². The Kier molecular flexibility index (Phi) is 3.10. The molecule has 5 nitrogen and oxygen atoms in total. The number of rotatable bonds is 3. The van der Waals surface area contributed by atoms with Crippen molar-refractivity contribution in [3.63, 3.8) is 0 Å². The van der Waals surface area contributed by atoms with Gasteiger partial charge >= 0.3 is 0 Å². The van der Waals surface area contributed by atoms with E-state index in [-0.39, 0.29) is 0 Å². The number of imidazole rings is 1. The predicted octanol–water partition coefficient (Wildman–Crippen LogP) is 2.89. The second-order valence-corrected chi connectivity index (χ2v) is 4.94. The van der Waals surface area contributed by atoms with E-state index in [1.165, 1.54) is 0 Å². The van der Waals surface area contributed by atoms with Crippen molar-refractivity contribution in [2.24, 2.45) is 0 Å². The van der Waals surface area contributed by atoms with Crippen molar-refractivity contribution in [1.29, 1.82) is 0 Å². The number of aromatic amines is 1. The van der Waals surface area contributed by atoms with Gasteiger partial charge in [0.2, 0.25) is 0 Å². The molecule has 0 aliphatic rings. The van der Waals surface area contributed by atoms with Crippen LogP contribution in [0.3, 0.4) is 0 Å². The molecule has 0 atom stereocenters. The molecule has 2 heterocycles. The molecule has 1 aromatic carbocycles. The van der Waals surface area contributed by atoms with Gasteiger partial charge in [0.05, 0.1) is 17.8 Å². The minimum atomic E-state index is 0.620. The Labute approximate surface area is 117 Å². The predicted molar refractivity (Wildman–Crippen MR) is 79.7 cm³/mol. The molecule has 3 rings (SSSR count). The summed E-state index contributed by atoms with van der Waals surface area (Å²) in [5, 5.41) is 4.41. The first kappa shape index (κ1) is 12.6. The third-order valence-electron chi connectivity index (χ3n) is 3.47. The van der Waals surface area contributed by atoms with Crippen LogP contribution in [0.25, 0.3) is 10.9 Å². The summed E-state index contributed by atoms with van der Waals surface area (Å²) >= 11 is 0. The van der Waals surface area contributed by atoms with E-state index in [1.807, 2.05) is 26.0 Å². The van der Waals surface area contributed by atoms with Crippen molar-refractivity contribution in [3.8, 4) is 0 Å². The SMILES string of the molecule is Cc1nc(CNc2ncnc3cccc(C)c23)[nH]c1C. The molecule has 0 radical (unpaired) electrons. The fourth-order valence-electron chi connectivity index (χ4n) is 2.29. The highest BCUT2D eigenvalue weighted by molar-refractivity contribution is 5.91. The number of nitrogens with zero attached hydrogens (tertiary/aromatic N) is 3. The molecule has 0 spiro atoms. The van der Waals surface area contributed by atoms with Crippen molar-refractivity contribution in [2.45, 2.75) is 27.3 Å². The number of aromatic nitrogens is 4. The Morgan fingerprint density at radius 2 is 2.00 bits per heavy atom. The number of hydrogen-bond donors (Lipinski definition) is 2. The summed E-state index contributed by atoms with van der Waals surface area (Å²) in [6, 6.07) is 6.07. The Morgan fingerprint density at radius 3 is 2.75 bits per heavy atom. The van der Waals surface area contributed by atoms with Gasteiger partial charge in [0.15, 0.2) is 0 Å². The molecular weight excluding hydrogens is 250 g/mol. The number of benzene rings is 1. The zero-order chi connectivity index (χ0) is 14.1. The lowest BCUT2D eigenvalue weighted by Gasteiger charge is -2.08. The van der Waals surface area contributed by atoms with Crippen LogP contribution in [0.2, 0.25) is 0 Å². The van der Waals surface area contributed by atoms with Crippen LogP contribution in [-0.4, -0.2) is 19.9 Å². The average molecular weight is 267 g/mol. The van der Waals surface area contributed by atoms with Gasteiger partial charge in [0.1, 0.15) is 18.0 Å². The van der Waals surface area contributed by atoms with Gasteiger partial charge in [-0.05, 0) is 32.4 Å². The molecule has 0 unspecified atom stereocenters. The van der Waals surface area contributed by atoms with Gasteiger partial charge < -0.3 is 10.3 Å². The normalized spacial score (nSPS) is 10.9. The first-order chi connectivity index (χ1) is 9.65. The van der Waals surface area contributed by atoms with E-state index in [0.29, 0.717) is 6.54 Å². The van der Waals surface area contributed by atoms with Gasteiger partial charge in [-0.2, -0.15) is 0 Å². The van der Waals surface area contributed by atoms with E-state index in [2.05, 4.69) is 38.2 Å². The summed E-state index contributed by atoms with van der Waals surface area (Å²) in [4.78, 5) is 16.4. The molecule has 0 amide bonds. The Morgan fingerprint density at radius 1 is 1.15 bits per heavy atom. The quantitative estimate of drug-likeness (QED) is 0.765. The van der Waals surface area contributed by atoms with Gasteiger partial charge in [0.25, 0.3) is 0 Å². The summed E-state index contributed by atoms with van der Waals surface area (Å²) in [6.07, 6.45) is 1.59. The molecule has 102 valence electrons. The first-order valence-corrected chi connectivity index (χ1v) is 6.61. The second kappa shape index (κ2) is 4.92. The van der Waals surface area contributed by atoms with Gasteiger partial charge in [0, 0.05) is 11.1 Å². The maximum Gasteiger partial charge on any atom is 0.137 e. The lowest BCUT2D eigenvalue weighted by Crippen LogP contribution is -2.04. The van der Waals surface area contributed by atoms with Crippen molar-refractivity contribution in [3.05, 3.63) is 47.3 Å². The maximum absolute atomic E-state index is 4.47. The molecule has 20 heavy (non-hydrogen) atoms. The number of anilines is 1. The molecule has 0 bridgehead atoms. The Hall–Kier alpha value is -2.43. The number of fused-ring (bicyclic) bond motifs is 1. The molecule has 0 fully saturated rings. The topological polar surface area (TPSA) is 66.5 Å². The number of hydrogen-bond acceptors (Lipinski definition) is 4. The van der Waals surface area contributed by atoms with Crippen LogP contribution in [0.15, 0.2) is 24.5 Å². The van der Waals surface area contributed by atoms with E-state index in [4.69, 9.17) is 0 Å². The lowest BCUT2D eigenvalue weighted by molar-refractivity contribution is 0.977. The number of aryl methyl sites for hydroxylation is 3. The van der Waals surface area contributed by atoms with Crippen molar-refractivity contribution in [1.82, 2.24) is 19.9 Å². The molecule has 0 aliphatic carbocycles. The maximum atomic E-state index is 4.47. The van der Waals surface area contributed by atoms with E-state index in [9.17, 15) is 0 Å². The third-order valence-corrected chi connectivity index (χ3v) is 3.47. The highest BCUT2D eigenvalue weighted by atomic mass is 15.1. The number of nitrogens with one attached hydrogen (secondary N) is 2. The number of H-pyrrole nitrogens is 1. The van der Waals surface area contributed by atoms with E-state index in [1.54, 1.807) is 6.33 Å². The largest absolute Gasteiger partial charge is 0.362 e. The van der Waals surface area contributed by atoms with Crippen LogP contribution in [0.5, 0.6) is 0 Å². The van der Waals surface area contributed by atoms with Gasteiger partial charge in [-0.15, -0.1) is 0 Å². The third kappa shape index (κ3) is 2.22. The molecule has 3 aromatic rings. The van der Waals surface area contributed by atoms with Crippen molar-refractivity contribution in [2.75, 3.05) is 5.32 Å². The van der Waals surface area contributed by atoms with Crippen LogP contribution in [0.4, 0.5) is 5.82 Å². The second-order valence-electron chi connectivity index (χ2n) is 4.94. The van der Waals surface area contributed by atoms with E-state index in [0.717, 1.165) is 39.5 Å². The van der Waals surface area contributed by atoms with Crippen LogP contribution in [0, 0.1) is 20.8 Å². The van der Waals surface area contributed by atoms with Crippen LogP contribution in [-0.2, 0) is 6.54 Å². The Bertz CT molecular complexity index is 735. The summed E-state index contributed by atoms with van der Waals surface area (Å²) in [5.41, 5.74) is 4.25. The van der Waals surface area contributed by atoms with Gasteiger partial charge in [-0.1, -0.05) is 12.1 Å². The summed E-state index contributed by atoms with van der Waals surface area (Å²) in [6.45, 7) is 6.71. The summed E-state index contributed by atoms with van der Waals surface area (Å²) in [5.74, 6) is 1.76. The molecule has 2 aromatic heterocycles. The lowest BCUT2D eigenvalue weighted by atomic mass is 10.1. The van der Waals surface area contributed by atoms with Gasteiger partial charge in [-0.3, -0.25) is 0 Å². The fourth-order valence-corrected chi connectivity index (χ4v) is 2.29. The van der Waals surface area contributed by atoms with Crippen molar-refractivity contribution >= 4 is 16.7 Å². The zero-order valence-corrected chi connectivity index (χ0v) is 11.9. The van der Waals surface area contributed by atoms with Crippen LogP contribution in [0.1, 0.15) is 22.8 Å². The zero-order valence-electron chi connectivity index (χ0n) is 11.9. The molecule has 0 saturated carbocycles. The molecule has 5 heteroatoms. The standard InChI is InChI=1S/C15H17N5/c1-9-5-4-6-12-14(9)15(18-8-17-12)16-7-13-19-10(2)11(3)20-13/h4-6,8H,7H2,1-3H3,(H,19,20)(H,16,17,18). The summed E-state index contributed by atoms with van der Waals surface area (Å²) in [7, 11) is 0. The van der Waals surface area contributed by atoms with Crippen molar-refractivity contribution < 1.29 is 0 Å². The molecule has 0 aliphatic heterocycles. The highest BCUT2D eigenvalue weighted by Crippen LogP contribution is 2.23. The Balaban J connectivity index is 1.91. The minimum absolute atomic E-state index is 0.620. The van der Waals surface area contributed by atoms with E-state index >= 15 is 0 Å². The fraction of sp³-hybridized carbons (Fsp3) is 0.267. The molecule has 0 saturated heterocycles.